The molecule has 0 unspecified atom stereocenters. The van der Waals surface area contributed by atoms with Gasteiger partial charge in [0, 0.05) is 33.9 Å². The van der Waals surface area contributed by atoms with E-state index < -0.39 is 0 Å². The van der Waals surface area contributed by atoms with Gasteiger partial charge in [-0.25, -0.2) is 0 Å². The van der Waals surface area contributed by atoms with Crippen LogP contribution in [0.25, 0.3) is 33.1 Å². The van der Waals surface area contributed by atoms with Crippen molar-refractivity contribution in [2.45, 2.75) is 27.2 Å². The van der Waals surface area contributed by atoms with E-state index in [1.807, 2.05) is 39.0 Å². The number of amides is 1. The van der Waals surface area contributed by atoms with Crippen molar-refractivity contribution in [3.63, 3.8) is 0 Å². The van der Waals surface area contributed by atoms with Crippen LogP contribution in [-0.2, 0) is 4.79 Å². The average molecular weight is 390 g/mol. The Morgan fingerprint density at radius 1 is 1.07 bits per heavy atom. The van der Waals surface area contributed by atoms with Gasteiger partial charge >= 0.3 is 0 Å². The standard InChI is InChI=1S/C22H22N4O3/c1-22(2,3)11-17(27)23-12-8-9-16-14(10-12)18(21(28)25-16)20-19(26-29)13-6-4-5-7-15(13)24-20/h4-10,24-25,28H,11H2,1-3H3,(H,23,27). The van der Waals surface area contributed by atoms with Crippen LogP contribution in [0.3, 0.4) is 0 Å². The van der Waals surface area contributed by atoms with Crippen LogP contribution in [0.1, 0.15) is 27.2 Å². The molecule has 148 valence electrons. The molecule has 1 amide bonds. The number of hydrogen-bond acceptors (Lipinski definition) is 4. The number of aromatic amines is 2. The Balaban J connectivity index is 1.83. The van der Waals surface area contributed by atoms with E-state index in [0.29, 0.717) is 39.7 Å². The zero-order valence-corrected chi connectivity index (χ0v) is 16.5. The van der Waals surface area contributed by atoms with Crippen molar-refractivity contribution >= 4 is 39.1 Å². The van der Waals surface area contributed by atoms with Crippen LogP contribution in [-0.4, -0.2) is 21.0 Å². The number of nitrogens with zero attached hydrogens (tertiary/aromatic N) is 1. The minimum atomic E-state index is -0.124. The van der Waals surface area contributed by atoms with E-state index >= 15 is 0 Å². The predicted molar refractivity (Wildman–Crippen MR) is 115 cm³/mol. The first kappa shape index (κ1) is 18.7. The van der Waals surface area contributed by atoms with E-state index in [0.717, 1.165) is 5.52 Å². The van der Waals surface area contributed by atoms with Crippen molar-refractivity contribution in [2.75, 3.05) is 5.32 Å². The van der Waals surface area contributed by atoms with Gasteiger partial charge in [-0.15, -0.1) is 4.91 Å². The number of para-hydroxylation sites is 1. The van der Waals surface area contributed by atoms with E-state index in [2.05, 4.69) is 20.5 Å². The second-order valence-corrected chi connectivity index (χ2v) is 8.38. The third-order valence-electron chi connectivity index (χ3n) is 4.77. The lowest BCUT2D eigenvalue weighted by molar-refractivity contribution is -0.117. The van der Waals surface area contributed by atoms with E-state index in [-0.39, 0.29) is 22.9 Å². The fourth-order valence-corrected chi connectivity index (χ4v) is 3.60. The van der Waals surface area contributed by atoms with Gasteiger partial charge in [0.2, 0.25) is 5.91 Å². The molecule has 0 bridgehead atoms. The molecule has 2 heterocycles. The van der Waals surface area contributed by atoms with Gasteiger partial charge in [-0.1, -0.05) is 39.0 Å². The summed E-state index contributed by atoms with van der Waals surface area (Å²) < 4.78 is 0. The first-order chi connectivity index (χ1) is 13.8. The molecule has 7 heteroatoms. The molecule has 2 aromatic heterocycles. The number of nitroso groups, excluding NO2 is 1. The van der Waals surface area contributed by atoms with Crippen LogP contribution in [0.15, 0.2) is 47.6 Å². The minimum absolute atomic E-state index is 0.0744. The predicted octanol–water partition coefficient (Wildman–Crippen LogP) is 5.79. The minimum Gasteiger partial charge on any atom is -0.494 e. The first-order valence-corrected chi connectivity index (χ1v) is 9.36. The quantitative estimate of drug-likeness (QED) is 0.331. The summed E-state index contributed by atoms with van der Waals surface area (Å²) in [6.45, 7) is 6.01. The monoisotopic (exact) mass is 390 g/mol. The summed E-state index contributed by atoms with van der Waals surface area (Å²) in [5, 5.41) is 18.0. The van der Waals surface area contributed by atoms with Gasteiger partial charge in [-0.2, -0.15) is 0 Å². The molecule has 4 rings (SSSR count). The van der Waals surface area contributed by atoms with Crippen LogP contribution in [0.5, 0.6) is 5.88 Å². The molecular weight excluding hydrogens is 368 g/mol. The molecule has 0 saturated heterocycles. The number of rotatable bonds is 4. The number of hydrogen-bond donors (Lipinski definition) is 4. The largest absolute Gasteiger partial charge is 0.494 e. The van der Waals surface area contributed by atoms with Crippen LogP contribution in [0.2, 0.25) is 0 Å². The zero-order valence-electron chi connectivity index (χ0n) is 16.5. The lowest BCUT2D eigenvalue weighted by Crippen LogP contribution is -2.19. The average Bonchev–Trinajstić information content (AvgIpc) is 3.15. The molecule has 7 nitrogen and oxygen atoms in total. The summed E-state index contributed by atoms with van der Waals surface area (Å²) in [5.41, 5.74) is 3.03. The Labute approximate surface area is 167 Å². The third-order valence-corrected chi connectivity index (χ3v) is 4.77. The van der Waals surface area contributed by atoms with Gasteiger partial charge < -0.3 is 20.4 Å². The molecule has 4 N–H and O–H groups in total. The highest BCUT2D eigenvalue weighted by Crippen LogP contribution is 2.44. The molecule has 0 saturated carbocycles. The topological polar surface area (TPSA) is 110 Å². The van der Waals surface area contributed by atoms with Gasteiger partial charge in [0.1, 0.15) is 5.69 Å². The summed E-state index contributed by atoms with van der Waals surface area (Å²) in [6, 6.07) is 12.7. The highest BCUT2D eigenvalue weighted by molar-refractivity contribution is 6.08. The lowest BCUT2D eigenvalue weighted by Gasteiger charge is -2.17. The van der Waals surface area contributed by atoms with Crippen LogP contribution in [0, 0.1) is 10.3 Å². The molecular formula is C22H22N4O3. The highest BCUT2D eigenvalue weighted by atomic mass is 16.3. The Bertz CT molecular complexity index is 1240. The van der Waals surface area contributed by atoms with E-state index in [1.54, 1.807) is 24.3 Å². The summed E-state index contributed by atoms with van der Waals surface area (Å²) in [6.07, 6.45) is 0.386. The summed E-state index contributed by atoms with van der Waals surface area (Å²) in [7, 11) is 0. The van der Waals surface area contributed by atoms with Gasteiger partial charge in [-0.05, 0) is 34.9 Å². The molecule has 0 spiro atoms. The number of carbonyl (C=O) groups is 1. The summed E-state index contributed by atoms with van der Waals surface area (Å²) in [5.74, 6) is -0.159. The fourth-order valence-electron chi connectivity index (χ4n) is 3.60. The van der Waals surface area contributed by atoms with Crippen molar-refractivity contribution in [2.24, 2.45) is 10.6 Å². The number of anilines is 1. The number of fused-ring (bicyclic) bond motifs is 2. The van der Waals surface area contributed by atoms with Gasteiger partial charge in [0.15, 0.2) is 5.88 Å². The normalized spacial score (nSPS) is 11.8. The van der Waals surface area contributed by atoms with E-state index in [9.17, 15) is 14.8 Å². The molecule has 2 aromatic carbocycles. The van der Waals surface area contributed by atoms with Crippen molar-refractivity contribution in [1.29, 1.82) is 0 Å². The maximum Gasteiger partial charge on any atom is 0.224 e. The van der Waals surface area contributed by atoms with Crippen molar-refractivity contribution in [3.8, 4) is 17.1 Å². The van der Waals surface area contributed by atoms with E-state index in [4.69, 9.17) is 0 Å². The number of aromatic nitrogens is 2. The van der Waals surface area contributed by atoms with Crippen LogP contribution < -0.4 is 5.32 Å². The van der Waals surface area contributed by atoms with E-state index in [1.165, 1.54) is 0 Å². The SMILES string of the molecule is CC(C)(C)CC(=O)Nc1ccc2[nH]c(O)c(-c3[nH]c4ccccc4c3N=O)c2c1. The van der Waals surface area contributed by atoms with Gasteiger partial charge in [0.25, 0.3) is 0 Å². The number of aromatic hydroxyl groups is 1. The van der Waals surface area contributed by atoms with Gasteiger partial charge in [-0.3, -0.25) is 4.79 Å². The lowest BCUT2D eigenvalue weighted by atomic mass is 9.92. The molecule has 0 fully saturated rings. The highest BCUT2D eigenvalue weighted by Gasteiger charge is 2.22. The maximum atomic E-state index is 12.3. The summed E-state index contributed by atoms with van der Waals surface area (Å²) >= 11 is 0. The third kappa shape index (κ3) is 3.47. The molecule has 0 aliphatic rings. The Hall–Kier alpha value is -3.61. The smallest absolute Gasteiger partial charge is 0.224 e. The number of nitrogens with one attached hydrogen (secondary N) is 3. The number of benzene rings is 2. The molecule has 0 aliphatic heterocycles. The second-order valence-electron chi connectivity index (χ2n) is 8.38. The molecule has 0 atom stereocenters. The van der Waals surface area contributed by atoms with Gasteiger partial charge in [0.05, 0.1) is 11.3 Å². The number of H-pyrrole nitrogens is 2. The molecule has 0 aliphatic carbocycles. The molecule has 4 aromatic rings. The van der Waals surface area contributed by atoms with Crippen molar-refractivity contribution < 1.29 is 9.90 Å². The second kappa shape index (κ2) is 6.77. The van der Waals surface area contributed by atoms with Crippen molar-refractivity contribution in [3.05, 3.63) is 47.4 Å². The molecule has 29 heavy (non-hydrogen) atoms. The Kier molecular flexibility index (Phi) is 4.38. The van der Waals surface area contributed by atoms with Crippen molar-refractivity contribution in [1.82, 2.24) is 9.97 Å². The molecule has 0 radical (unpaired) electrons. The number of carbonyl (C=O) groups excluding carboxylic acids is 1. The first-order valence-electron chi connectivity index (χ1n) is 9.36. The van der Waals surface area contributed by atoms with Crippen LogP contribution >= 0.6 is 0 Å². The van der Waals surface area contributed by atoms with Crippen LogP contribution in [0.4, 0.5) is 11.4 Å². The maximum absolute atomic E-state index is 12.3. The zero-order chi connectivity index (χ0) is 20.8. The Morgan fingerprint density at radius 3 is 2.52 bits per heavy atom. The fraction of sp³-hybridized carbons (Fsp3) is 0.227. The Morgan fingerprint density at radius 2 is 1.79 bits per heavy atom. The summed E-state index contributed by atoms with van der Waals surface area (Å²) in [4.78, 5) is 30.0.